The molecule has 30 heavy (non-hydrogen) atoms. The van der Waals surface area contributed by atoms with Crippen LogP contribution in [0.15, 0.2) is 50.6 Å². The summed E-state index contributed by atoms with van der Waals surface area (Å²) in [5.74, 6) is -0.0799. The summed E-state index contributed by atoms with van der Waals surface area (Å²) in [5, 5.41) is 0. The molecule has 0 saturated carbocycles. The van der Waals surface area contributed by atoms with Gasteiger partial charge in [0.25, 0.3) is 10.1 Å². The van der Waals surface area contributed by atoms with Crippen LogP contribution in [-0.2, 0) is 10.1 Å². The van der Waals surface area contributed by atoms with Crippen LogP contribution >= 0.6 is 0 Å². The first kappa shape index (κ1) is 34.4. The molecule has 1 N–H and O–H groups in total. The van der Waals surface area contributed by atoms with E-state index in [-0.39, 0.29) is 36.7 Å². The second-order valence-corrected chi connectivity index (χ2v) is 9.27. The third-order valence-electron chi connectivity index (χ3n) is 4.82. The van der Waals surface area contributed by atoms with Crippen LogP contribution in [0.5, 0.6) is 0 Å². The number of nitrogens with zero attached hydrogens (tertiary/aromatic N) is 1. The summed E-state index contributed by atoms with van der Waals surface area (Å²) in [6, 6.07) is 0. The van der Waals surface area contributed by atoms with Crippen LogP contribution in [0, 0.1) is 0 Å². The van der Waals surface area contributed by atoms with E-state index in [1.165, 1.54) is 44.9 Å². The van der Waals surface area contributed by atoms with E-state index in [2.05, 4.69) is 33.2 Å². The monoisotopic (exact) mass is 452 g/mol. The van der Waals surface area contributed by atoms with E-state index in [0.717, 1.165) is 43.5 Å². The van der Waals surface area contributed by atoms with Gasteiger partial charge in [-0.2, -0.15) is 8.42 Å². The minimum atomic E-state index is -3.73. The maximum absolute atomic E-state index is 10.4. The smallest absolute Gasteiger partial charge is 1.00 e. The Labute approximate surface area is 211 Å². The Morgan fingerprint density at radius 1 is 0.700 bits per heavy atom. The average molecular weight is 453 g/mol. The fourth-order valence-electron chi connectivity index (χ4n) is 3.31. The van der Waals surface area contributed by atoms with Gasteiger partial charge in [-0.1, -0.05) is 91.0 Å². The second kappa shape index (κ2) is 23.5. The number of hydrogen-bond acceptors (Lipinski definition) is 2. The molecule has 0 bridgehead atoms. The van der Waals surface area contributed by atoms with Gasteiger partial charge >= 0.3 is 29.6 Å². The Kier molecular flexibility index (Phi) is 27.0. The van der Waals surface area contributed by atoms with Gasteiger partial charge in [0.1, 0.15) is 0 Å². The van der Waals surface area contributed by atoms with E-state index < -0.39 is 10.1 Å². The maximum Gasteiger partial charge on any atom is 1.00 e. The first-order valence-corrected chi connectivity index (χ1v) is 12.7. The Morgan fingerprint density at radius 3 is 1.27 bits per heavy atom. The average Bonchev–Trinajstić information content (AvgIpc) is 2.64. The molecule has 0 aromatic heterocycles. The van der Waals surface area contributed by atoms with Gasteiger partial charge in [-0.15, -0.1) is 0 Å². The standard InChI is InChI=1S/C12H20N.C12H26O3S.Na.H/c1-5-9-13(10-6-2,11-7-3)12-8-4;1-2-3-4-5-6-7-8-9-10-11-12-16(13,14)15;;/h5-8H,1-4,9-12H2;2-12H2,1H3,(H,13,14,15);;/q+1;;+1;-1. The molecule has 0 aromatic rings. The van der Waals surface area contributed by atoms with E-state index in [9.17, 15) is 8.42 Å². The van der Waals surface area contributed by atoms with E-state index in [4.69, 9.17) is 4.55 Å². The van der Waals surface area contributed by atoms with Crippen molar-refractivity contribution in [3.8, 4) is 0 Å². The van der Waals surface area contributed by atoms with Crippen molar-refractivity contribution >= 4 is 10.1 Å². The molecule has 0 radical (unpaired) electrons. The molecule has 0 amide bonds. The summed E-state index contributed by atoms with van der Waals surface area (Å²) in [6.07, 6.45) is 19.4. The third kappa shape index (κ3) is 24.1. The Balaban J connectivity index is -0.000000225. The van der Waals surface area contributed by atoms with Gasteiger partial charge in [-0.05, 0) is 30.7 Å². The van der Waals surface area contributed by atoms with Crippen molar-refractivity contribution in [1.82, 2.24) is 0 Å². The zero-order chi connectivity index (χ0) is 22.4. The summed E-state index contributed by atoms with van der Waals surface area (Å²) in [7, 11) is -3.73. The summed E-state index contributed by atoms with van der Waals surface area (Å²) >= 11 is 0. The summed E-state index contributed by atoms with van der Waals surface area (Å²) in [4.78, 5) is 0. The number of rotatable bonds is 19. The van der Waals surface area contributed by atoms with Crippen molar-refractivity contribution in [2.24, 2.45) is 0 Å². The Hall–Kier alpha value is -0.170. The summed E-state index contributed by atoms with van der Waals surface area (Å²) in [5.41, 5.74) is 0. The molecule has 0 spiro atoms. The van der Waals surface area contributed by atoms with Crippen molar-refractivity contribution in [3.05, 3.63) is 50.6 Å². The second-order valence-electron chi connectivity index (χ2n) is 7.69. The van der Waals surface area contributed by atoms with Crippen molar-refractivity contribution < 1.29 is 48.4 Å². The number of unbranched alkanes of at least 4 members (excludes halogenated alkanes) is 9. The van der Waals surface area contributed by atoms with E-state index >= 15 is 0 Å². The SMILES string of the molecule is C=CC[N+](CC=C)(CC=C)CC=C.CCCCCCCCCCCCS(=O)(=O)O.[H-].[Na+]. The molecular formula is C24H47NNaO3S+. The summed E-state index contributed by atoms with van der Waals surface area (Å²) in [6.45, 7) is 21.1. The fraction of sp³-hybridized carbons (Fsp3) is 0.667. The van der Waals surface area contributed by atoms with Gasteiger partial charge in [0.2, 0.25) is 0 Å². The topological polar surface area (TPSA) is 54.4 Å². The van der Waals surface area contributed by atoms with E-state index in [0.29, 0.717) is 6.42 Å². The molecule has 0 saturated heterocycles. The van der Waals surface area contributed by atoms with Crippen LogP contribution in [0.4, 0.5) is 0 Å². The Bertz CT molecular complexity index is 493. The fourth-order valence-corrected chi connectivity index (χ4v) is 3.88. The summed E-state index contributed by atoms with van der Waals surface area (Å²) < 4.78 is 30.3. The molecule has 0 rings (SSSR count). The molecule has 0 aliphatic rings. The van der Waals surface area contributed by atoms with Crippen LogP contribution in [0.2, 0.25) is 0 Å². The molecule has 172 valence electrons. The van der Waals surface area contributed by atoms with Crippen molar-refractivity contribution in [1.29, 1.82) is 0 Å². The van der Waals surface area contributed by atoms with E-state index in [1.54, 1.807) is 0 Å². The van der Waals surface area contributed by atoms with Gasteiger partial charge in [-0.3, -0.25) is 4.55 Å². The van der Waals surface area contributed by atoms with Gasteiger partial charge in [0.05, 0.1) is 31.9 Å². The normalized spacial score (nSPS) is 10.9. The number of quaternary nitrogens is 1. The predicted molar refractivity (Wildman–Crippen MR) is 130 cm³/mol. The molecule has 0 aliphatic carbocycles. The van der Waals surface area contributed by atoms with Crippen LogP contribution in [0.1, 0.15) is 72.6 Å². The first-order valence-electron chi connectivity index (χ1n) is 11.0. The molecule has 0 aliphatic heterocycles. The molecule has 0 unspecified atom stereocenters. The van der Waals surface area contributed by atoms with Gasteiger partial charge in [0.15, 0.2) is 0 Å². The van der Waals surface area contributed by atoms with Crippen LogP contribution < -0.4 is 29.6 Å². The zero-order valence-electron chi connectivity index (χ0n) is 20.9. The van der Waals surface area contributed by atoms with Crippen molar-refractivity contribution in [2.45, 2.75) is 71.1 Å². The van der Waals surface area contributed by atoms with E-state index in [1.807, 2.05) is 24.3 Å². The molecular weight excluding hydrogens is 405 g/mol. The molecule has 4 nitrogen and oxygen atoms in total. The van der Waals surface area contributed by atoms with Crippen molar-refractivity contribution in [2.75, 3.05) is 31.9 Å². The van der Waals surface area contributed by atoms with Gasteiger partial charge in [-0.25, -0.2) is 0 Å². The molecule has 6 heteroatoms. The largest absolute Gasteiger partial charge is 1.00 e. The maximum atomic E-state index is 10.4. The minimum Gasteiger partial charge on any atom is -1.00 e. The molecule has 0 atom stereocenters. The molecule has 0 fully saturated rings. The quantitative estimate of drug-likeness (QED) is 0.107. The minimum absolute atomic E-state index is 0. The van der Waals surface area contributed by atoms with Crippen molar-refractivity contribution in [3.63, 3.8) is 0 Å². The Morgan fingerprint density at radius 2 is 1.00 bits per heavy atom. The molecule has 0 heterocycles. The zero-order valence-corrected chi connectivity index (χ0v) is 22.7. The third-order valence-corrected chi connectivity index (χ3v) is 5.63. The van der Waals surface area contributed by atoms with Crippen LogP contribution in [0.3, 0.4) is 0 Å². The number of hydrogen-bond donors (Lipinski definition) is 1. The van der Waals surface area contributed by atoms with Crippen LogP contribution in [-0.4, -0.2) is 49.4 Å². The molecule has 0 aromatic carbocycles. The predicted octanol–water partition coefficient (Wildman–Crippen LogP) is 3.46. The van der Waals surface area contributed by atoms with Gasteiger partial charge in [0, 0.05) is 0 Å². The van der Waals surface area contributed by atoms with Crippen LogP contribution in [0.25, 0.3) is 0 Å². The first-order chi connectivity index (χ1) is 13.8. The van der Waals surface area contributed by atoms with Gasteiger partial charge < -0.3 is 5.91 Å².